The molecular formula is C19H23NO3S. The second kappa shape index (κ2) is 7.36. The van der Waals surface area contributed by atoms with Crippen LogP contribution in [0.3, 0.4) is 0 Å². The largest absolute Gasteiger partial charge is 0.497 e. The number of benzene rings is 1. The van der Waals surface area contributed by atoms with Crippen LogP contribution in [0.5, 0.6) is 5.75 Å². The molecule has 5 heteroatoms. The van der Waals surface area contributed by atoms with Crippen molar-refractivity contribution in [2.75, 3.05) is 13.7 Å². The van der Waals surface area contributed by atoms with E-state index >= 15 is 0 Å². The topological polar surface area (TPSA) is 58.6 Å². The van der Waals surface area contributed by atoms with Crippen molar-refractivity contribution in [2.24, 2.45) is 5.92 Å². The van der Waals surface area contributed by atoms with Crippen molar-refractivity contribution in [3.8, 4) is 16.9 Å². The van der Waals surface area contributed by atoms with E-state index in [0.717, 1.165) is 41.0 Å². The molecule has 1 aliphatic carbocycles. The van der Waals surface area contributed by atoms with E-state index in [1.807, 2.05) is 37.3 Å². The number of hydrogen-bond acceptors (Lipinski definition) is 4. The summed E-state index contributed by atoms with van der Waals surface area (Å²) >= 11 is 1.50. The molecule has 4 nitrogen and oxygen atoms in total. The molecule has 0 spiro atoms. The fourth-order valence-corrected chi connectivity index (χ4v) is 4.18. The Labute approximate surface area is 146 Å². The number of carbonyl (C=O) groups excluding carboxylic acids is 1. The first-order valence-electron chi connectivity index (χ1n) is 8.29. The quantitative estimate of drug-likeness (QED) is 0.870. The van der Waals surface area contributed by atoms with Gasteiger partial charge in [0.2, 0.25) is 0 Å². The van der Waals surface area contributed by atoms with Crippen LogP contribution in [0.25, 0.3) is 11.1 Å². The van der Waals surface area contributed by atoms with Crippen molar-refractivity contribution in [1.29, 1.82) is 0 Å². The van der Waals surface area contributed by atoms with E-state index in [0.29, 0.717) is 11.4 Å². The zero-order valence-electron chi connectivity index (χ0n) is 14.0. The van der Waals surface area contributed by atoms with Crippen LogP contribution in [0.2, 0.25) is 0 Å². The summed E-state index contributed by atoms with van der Waals surface area (Å²) in [6, 6.07) is 9.80. The highest BCUT2D eigenvalue weighted by Crippen LogP contribution is 2.32. The summed E-state index contributed by atoms with van der Waals surface area (Å²) in [5, 5.41) is 12.8. The lowest BCUT2D eigenvalue weighted by molar-refractivity contribution is 0.0920. The van der Waals surface area contributed by atoms with Gasteiger partial charge in [0.25, 0.3) is 5.91 Å². The molecule has 2 N–H and O–H groups in total. The van der Waals surface area contributed by atoms with Gasteiger partial charge in [0.1, 0.15) is 5.75 Å². The summed E-state index contributed by atoms with van der Waals surface area (Å²) in [7, 11) is 1.65. The second-order valence-electron chi connectivity index (χ2n) is 6.28. The lowest BCUT2D eigenvalue weighted by Crippen LogP contribution is -2.32. The van der Waals surface area contributed by atoms with Crippen molar-refractivity contribution < 1.29 is 14.6 Å². The first-order chi connectivity index (χ1) is 11.6. The Bertz CT molecular complexity index is 708. The van der Waals surface area contributed by atoms with Gasteiger partial charge in [0.05, 0.1) is 18.1 Å². The monoisotopic (exact) mass is 345 g/mol. The number of carbonyl (C=O) groups is 1. The Kier molecular flexibility index (Phi) is 5.21. The Balaban J connectivity index is 1.69. The van der Waals surface area contributed by atoms with Crippen LogP contribution >= 0.6 is 11.3 Å². The van der Waals surface area contributed by atoms with E-state index in [2.05, 4.69) is 5.32 Å². The number of amides is 1. The molecule has 1 aromatic carbocycles. The zero-order valence-corrected chi connectivity index (χ0v) is 14.9. The van der Waals surface area contributed by atoms with Crippen LogP contribution in [0, 0.1) is 12.8 Å². The SMILES string of the molecule is COc1ccc(-c2cc(C(=O)NCC3CCCC3O)sc2C)cc1. The molecule has 1 heterocycles. The average molecular weight is 345 g/mol. The summed E-state index contributed by atoms with van der Waals surface area (Å²) in [5.41, 5.74) is 2.16. The number of rotatable bonds is 5. The number of hydrogen-bond donors (Lipinski definition) is 2. The van der Waals surface area contributed by atoms with Crippen LogP contribution in [0.1, 0.15) is 33.8 Å². The van der Waals surface area contributed by atoms with Gasteiger partial charge in [-0.3, -0.25) is 4.79 Å². The molecule has 0 aliphatic heterocycles. The minimum atomic E-state index is -0.273. The Morgan fingerprint density at radius 2 is 2.08 bits per heavy atom. The molecule has 3 rings (SSSR count). The van der Waals surface area contributed by atoms with Gasteiger partial charge in [0.15, 0.2) is 0 Å². The number of aliphatic hydroxyl groups excluding tert-OH is 1. The number of nitrogens with one attached hydrogen (secondary N) is 1. The maximum atomic E-state index is 12.4. The number of aliphatic hydroxyl groups is 1. The molecule has 0 saturated heterocycles. The fraction of sp³-hybridized carbons (Fsp3) is 0.421. The third-order valence-corrected chi connectivity index (χ3v) is 5.74. The van der Waals surface area contributed by atoms with Crippen molar-refractivity contribution in [1.82, 2.24) is 5.32 Å². The van der Waals surface area contributed by atoms with Gasteiger partial charge in [-0.2, -0.15) is 0 Å². The maximum Gasteiger partial charge on any atom is 0.261 e. The molecule has 1 aromatic heterocycles. The van der Waals surface area contributed by atoms with Gasteiger partial charge in [-0.15, -0.1) is 11.3 Å². The molecule has 0 radical (unpaired) electrons. The van der Waals surface area contributed by atoms with Crippen LogP contribution in [-0.4, -0.2) is 30.8 Å². The molecular weight excluding hydrogens is 322 g/mol. The summed E-state index contributed by atoms with van der Waals surface area (Å²) < 4.78 is 5.19. The lowest BCUT2D eigenvalue weighted by Gasteiger charge is -2.14. The summed E-state index contributed by atoms with van der Waals surface area (Å²) in [6.07, 6.45) is 2.61. The zero-order chi connectivity index (χ0) is 17.1. The van der Waals surface area contributed by atoms with Crippen LogP contribution in [0.4, 0.5) is 0 Å². The average Bonchev–Trinajstić information content (AvgIpc) is 3.18. The van der Waals surface area contributed by atoms with E-state index in [4.69, 9.17) is 4.74 Å². The minimum absolute atomic E-state index is 0.0537. The lowest BCUT2D eigenvalue weighted by atomic mass is 10.1. The van der Waals surface area contributed by atoms with Gasteiger partial charge >= 0.3 is 0 Å². The first-order valence-corrected chi connectivity index (χ1v) is 9.11. The molecule has 2 atom stereocenters. The molecule has 1 aliphatic rings. The second-order valence-corrected chi connectivity index (χ2v) is 7.53. The van der Waals surface area contributed by atoms with Gasteiger partial charge in [0, 0.05) is 17.3 Å². The standard InChI is InChI=1S/C19H23NO3S/c1-12-16(13-6-8-15(23-2)9-7-13)10-18(24-12)19(22)20-11-14-4-3-5-17(14)21/h6-10,14,17,21H,3-5,11H2,1-2H3,(H,20,22). The highest BCUT2D eigenvalue weighted by Gasteiger charge is 2.25. The van der Waals surface area contributed by atoms with Crippen molar-refractivity contribution in [2.45, 2.75) is 32.3 Å². The normalized spacial score (nSPS) is 20.1. The molecule has 128 valence electrons. The Hall–Kier alpha value is -1.85. The molecule has 2 aromatic rings. The van der Waals surface area contributed by atoms with Crippen molar-refractivity contribution in [3.05, 3.63) is 40.1 Å². The van der Waals surface area contributed by atoms with E-state index in [1.54, 1.807) is 7.11 Å². The van der Waals surface area contributed by atoms with Gasteiger partial charge in [-0.1, -0.05) is 18.6 Å². The smallest absolute Gasteiger partial charge is 0.261 e. The van der Waals surface area contributed by atoms with Crippen LogP contribution in [-0.2, 0) is 0 Å². The summed E-state index contributed by atoms with van der Waals surface area (Å²) in [6.45, 7) is 2.58. The highest BCUT2D eigenvalue weighted by atomic mass is 32.1. The third-order valence-electron chi connectivity index (χ3n) is 4.69. The van der Waals surface area contributed by atoms with Crippen molar-refractivity contribution in [3.63, 3.8) is 0 Å². The molecule has 2 unspecified atom stereocenters. The van der Waals surface area contributed by atoms with Crippen LogP contribution < -0.4 is 10.1 Å². The Morgan fingerprint density at radius 3 is 2.71 bits per heavy atom. The van der Waals surface area contributed by atoms with Gasteiger partial charge in [-0.05, 0) is 49.1 Å². The fourth-order valence-electron chi connectivity index (χ4n) is 3.22. The molecule has 0 bridgehead atoms. The number of aryl methyl sites for hydroxylation is 1. The predicted molar refractivity (Wildman–Crippen MR) is 96.7 cm³/mol. The Morgan fingerprint density at radius 1 is 1.33 bits per heavy atom. The summed E-state index contributed by atoms with van der Waals surface area (Å²) in [5.74, 6) is 0.956. The molecule has 1 amide bonds. The molecule has 1 fully saturated rings. The highest BCUT2D eigenvalue weighted by molar-refractivity contribution is 7.14. The van der Waals surface area contributed by atoms with E-state index in [9.17, 15) is 9.90 Å². The van der Waals surface area contributed by atoms with Gasteiger partial charge in [-0.25, -0.2) is 0 Å². The number of ether oxygens (including phenoxy) is 1. The molecule has 1 saturated carbocycles. The number of thiophene rings is 1. The van der Waals surface area contributed by atoms with E-state index in [1.165, 1.54) is 11.3 Å². The predicted octanol–water partition coefficient (Wildman–Crippen LogP) is 3.62. The molecule has 24 heavy (non-hydrogen) atoms. The van der Waals surface area contributed by atoms with Crippen LogP contribution in [0.15, 0.2) is 30.3 Å². The van der Waals surface area contributed by atoms with E-state index in [-0.39, 0.29) is 17.9 Å². The number of methoxy groups -OCH3 is 1. The minimum Gasteiger partial charge on any atom is -0.497 e. The summed E-state index contributed by atoms with van der Waals surface area (Å²) in [4.78, 5) is 14.2. The first kappa shape index (κ1) is 17.0. The van der Waals surface area contributed by atoms with E-state index < -0.39 is 0 Å². The van der Waals surface area contributed by atoms with Gasteiger partial charge < -0.3 is 15.2 Å². The van der Waals surface area contributed by atoms with Crippen molar-refractivity contribution >= 4 is 17.2 Å². The third kappa shape index (κ3) is 3.62. The maximum absolute atomic E-state index is 12.4.